The normalized spacial score (nSPS) is 29.4. The molecule has 1 saturated heterocycles. The van der Waals surface area contributed by atoms with Crippen molar-refractivity contribution in [1.29, 1.82) is 0 Å². The molecule has 0 unspecified atom stereocenters. The molecular formula is C13H25N3O5. The lowest BCUT2D eigenvalue weighted by Gasteiger charge is -2.32. The molecule has 8 nitrogen and oxygen atoms in total. The molecule has 0 spiro atoms. The summed E-state index contributed by atoms with van der Waals surface area (Å²) in [5.41, 5.74) is 4.87. The van der Waals surface area contributed by atoms with Crippen molar-refractivity contribution in [2.45, 2.75) is 57.6 Å². The molecule has 0 aromatic rings. The predicted molar refractivity (Wildman–Crippen MR) is 75.4 cm³/mol. The number of ether oxygens (including phenoxy) is 1. The van der Waals surface area contributed by atoms with E-state index in [-0.39, 0.29) is 19.0 Å². The second kappa shape index (κ2) is 6.59. The number of amides is 2. The highest BCUT2D eigenvalue weighted by molar-refractivity contribution is 5.73. The number of hydrogen-bond acceptors (Lipinski definition) is 6. The van der Waals surface area contributed by atoms with Crippen molar-refractivity contribution in [2.75, 3.05) is 13.1 Å². The Labute approximate surface area is 124 Å². The van der Waals surface area contributed by atoms with E-state index in [1.165, 1.54) is 11.8 Å². The average molecular weight is 303 g/mol. The zero-order valence-electron chi connectivity index (χ0n) is 12.9. The number of nitrogens with one attached hydrogen (secondary N) is 1. The number of carbonyl (C=O) groups excluding carboxylic acids is 2. The number of nitrogens with two attached hydrogens (primary N) is 1. The van der Waals surface area contributed by atoms with Gasteiger partial charge in [0.25, 0.3) is 0 Å². The van der Waals surface area contributed by atoms with Crippen LogP contribution in [-0.4, -0.2) is 70.1 Å². The Bertz CT molecular complexity index is 396. The maximum Gasteiger partial charge on any atom is 0.411 e. The Kier molecular flexibility index (Phi) is 5.54. The van der Waals surface area contributed by atoms with Gasteiger partial charge in [-0.15, -0.1) is 0 Å². The zero-order valence-corrected chi connectivity index (χ0v) is 12.9. The minimum absolute atomic E-state index is 0.0172. The standard InChI is InChI=1S/C13H25N3O5/c1-7(17)15-6-9-11(19)10(18)8(5-14)16(9)12(20)21-13(2,3)4/h8-11,18-19H,5-6,14H2,1-4H3,(H,15,17)/t8-,9-,10-,11-/m1/s1. The van der Waals surface area contributed by atoms with Crippen LogP contribution < -0.4 is 11.1 Å². The highest BCUT2D eigenvalue weighted by Crippen LogP contribution is 2.27. The predicted octanol–water partition coefficient (Wildman–Crippen LogP) is -1.21. The largest absolute Gasteiger partial charge is 0.444 e. The third-order valence-electron chi connectivity index (χ3n) is 3.26. The first-order valence-electron chi connectivity index (χ1n) is 6.90. The van der Waals surface area contributed by atoms with Crippen LogP contribution in [0.3, 0.4) is 0 Å². The summed E-state index contributed by atoms with van der Waals surface area (Å²) in [5, 5.41) is 22.6. The van der Waals surface area contributed by atoms with Crippen LogP contribution in [0.25, 0.3) is 0 Å². The molecule has 5 N–H and O–H groups in total. The van der Waals surface area contributed by atoms with Crippen molar-refractivity contribution < 1.29 is 24.5 Å². The summed E-state index contributed by atoms with van der Waals surface area (Å²) in [7, 11) is 0. The number of aliphatic hydroxyl groups excluding tert-OH is 2. The van der Waals surface area contributed by atoms with Crippen LogP contribution >= 0.6 is 0 Å². The van der Waals surface area contributed by atoms with E-state index in [1.54, 1.807) is 20.8 Å². The molecular weight excluding hydrogens is 278 g/mol. The van der Waals surface area contributed by atoms with Crippen molar-refractivity contribution in [1.82, 2.24) is 10.2 Å². The molecule has 0 aliphatic carbocycles. The van der Waals surface area contributed by atoms with E-state index in [1.807, 2.05) is 0 Å². The Hall–Kier alpha value is -1.38. The summed E-state index contributed by atoms with van der Waals surface area (Å²) in [5.74, 6) is -0.294. The molecule has 2 amide bonds. The van der Waals surface area contributed by atoms with Gasteiger partial charge < -0.3 is 26.0 Å². The third kappa shape index (κ3) is 4.29. The summed E-state index contributed by atoms with van der Waals surface area (Å²) < 4.78 is 5.28. The molecule has 0 bridgehead atoms. The topological polar surface area (TPSA) is 125 Å². The van der Waals surface area contributed by atoms with Gasteiger partial charge in [0.1, 0.15) is 17.8 Å². The summed E-state index contributed by atoms with van der Waals surface area (Å²) in [6, 6.07) is -1.54. The number of hydrogen-bond donors (Lipinski definition) is 4. The lowest BCUT2D eigenvalue weighted by molar-refractivity contribution is -0.119. The number of carbonyl (C=O) groups is 2. The lowest BCUT2D eigenvalue weighted by Crippen LogP contribution is -2.52. The monoisotopic (exact) mass is 303 g/mol. The molecule has 4 atom stereocenters. The van der Waals surface area contributed by atoms with Gasteiger partial charge in [-0.2, -0.15) is 0 Å². The maximum absolute atomic E-state index is 12.3. The first-order chi connectivity index (χ1) is 9.58. The smallest absolute Gasteiger partial charge is 0.411 e. The van der Waals surface area contributed by atoms with E-state index in [0.29, 0.717) is 0 Å². The van der Waals surface area contributed by atoms with E-state index < -0.39 is 36.0 Å². The molecule has 0 aromatic carbocycles. The first-order valence-corrected chi connectivity index (χ1v) is 6.90. The Balaban J connectivity index is 2.95. The van der Waals surface area contributed by atoms with Crippen LogP contribution in [0.15, 0.2) is 0 Å². The van der Waals surface area contributed by atoms with E-state index in [4.69, 9.17) is 10.5 Å². The van der Waals surface area contributed by atoms with E-state index in [9.17, 15) is 19.8 Å². The van der Waals surface area contributed by atoms with Gasteiger partial charge in [0.05, 0.1) is 12.1 Å². The van der Waals surface area contributed by atoms with Crippen LogP contribution in [0.4, 0.5) is 4.79 Å². The van der Waals surface area contributed by atoms with E-state index in [0.717, 1.165) is 0 Å². The highest BCUT2D eigenvalue weighted by Gasteiger charge is 2.50. The Morgan fingerprint density at radius 1 is 1.24 bits per heavy atom. The van der Waals surface area contributed by atoms with Crippen molar-refractivity contribution in [3.63, 3.8) is 0 Å². The minimum atomic E-state index is -1.20. The molecule has 0 saturated carbocycles. The van der Waals surface area contributed by atoms with E-state index >= 15 is 0 Å². The van der Waals surface area contributed by atoms with Crippen LogP contribution in [-0.2, 0) is 9.53 Å². The van der Waals surface area contributed by atoms with Crippen molar-refractivity contribution in [2.24, 2.45) is 5.73 Å². The van der Waals surface area contributed by atoms with E-state index in [2.05, 4.69) is 5.32 Å². The summed E-state index contributed by atoms with van der Waals surface area (Å²) in [4.78, 5) is 24.5. The van der Waals surface area contributed by atoms with Gasteiger partial charge in [-0.25, -0.2) is 4.79 Å². The first kappa shape index (κ1) is 17.7. The summed E-state index contributed by atoms with van der Waals surface area (Å²) in [6.07, 6.45) is -3.05. The molecule has 122 valence electrons. The summed E-state index contributed by atoms with van der Waals surface area (Å²) in [6.45, 7) is 6.48. The second-order valence-corrected chi connectivity index (χ2v) is 6.18. The fourth-order valence-corrected chi connectivity index (χ4v) is 2.34. The molecule has 21 heavy (non-hydrogen) atoms. The third-order valence-corrected chi connectivity index (χ3v) is 3.26. The SMILES string of the molecule is CC(=O)NC[C@@H]1[C@@H](O)[C@H](O)[C@@H](CN)N1C(=O)OC(C)(C)C. The maximum atomic E-state index is 12.3. The number of rotatable bonds is 3. The van der Waals surface area contributed by atoms with Gasteiger partial charge in [-0.1, -0.05) is 0 Å². The summed E-state index contributed by atoms with van der Waals surface area (Å²) >= 11 is 0. The quantitative estimate of drug-likeness (QED) is 0.518. The van der Waals surface area contributed by atoms with Gasteiger partial charge in [0.2, 0.25) is 5.91 Å². The van der Waals surface area contributed by atoms with Crippen LogP contribution in [0.2, 0.25) is 0 Å². The number of nitrogens with zero attached hydrogens (tertiary/aromatic N) is 1. The van der Waals surface area contributed by atoms with Gasteiger partial charge >= 0.3 is 6.09 Å². The zero-order chi connectivity index (χ0) is 16.4. The van der Waals surface area contributed by atoms with Gasteiger partial charge in [0, 0.05) is 20.0 Å². The number of likely N-dealkylation sites (tertiary alicyclic amines) is 1. The molecule has 1 aliphatic heterocycles. The number of aliphatic hydroxyl groups is 2. The molecule has 8 heteroatoms. The molecule has 1 fully saturated rings. The fraction of sp³-hybridized carbons (Fsp3) is 0.846. The highest BCUT2D eigenvalue weighted by atomic mass is 16.6. The fourth-order valence-electron chi connectivity index (χ4n) is 2.34. The van der Waals surface area contributed by atoms with Crippen molar-refractivity contribution >= 4 is 12.0 Å². The minimum Gasteiger partial charge on any atom is -0.444 e. The lowest BCUT2D eigenvalue weighted by atomic mass is 10.1. The molecule has 0 radical (unpaired) electrons. The van der Waals surface area contributed by atoms with Crippen molar-refractivity contribution in [3.05, 3.63) is 0 Å². The van der Waals surface area contributed by atoms with Crippen LogP contribution in [0.1, 0.15) is 27.7 Å². The average Bonchev–Trinajstić information content (AvgIpc) is 2.57. The molecule has 1 heterocycles. The van der Waals surface area contributed by atoms with Gasteiger partial charge in [0.15, 0.2) is 0 Å². The Morgan fingerprint density at radius 3 is 2.19 bits per heavy atom. The second-order valence-electron chi connectivity index (χ2n) is 6.18. The molecule has 1 rings (SSSR count). The van der Waals surface area contributed by atoms with Gasteiger partial charge in [-0.3, -0.25) is 9.69 Å². The van der Waals surface area contributed by atoms with Crippen LogP contribution in [0.5, 0.6) is 0 Å². The Morgan fingerprint density at radius 2 is 1.76 bits per heavy atom. The molecule has 1 aliphatic rings. The van der Waals surface area contributed by atoms with Gasteiger partial charge in [-0.05, 0) is 20.8 Å². The van der Waals surface area contributed by atoms with Crippen molar-refractivity contribution in [3.8, 4) is 0 Å². The molecule has 0 aromatic heterocycles. The van der Waals surface area contributed by atoms with Crippen LogP contribution in [0, 0.1) is 0 Å².